The van der Waals surface area contributed by atoms with Crippen LogP contribution < -0.4 is 26.2 Å². The van der Waals surface area contributed by atoms with Crippen molar-refractivity contribution in [2.24, 2.45) is 34.0 Å². The van der Waals surface area contributed by atoms with Gasteiger partial charge in [0, 0.05) is 53.5 Å². The van der Waals surface area contributed by atoms with Gasteiger partial charge in [0.1, 0.15) is 25.4 Å². The first-order chi connectivity index (χ1) is 39.7. The molecule has 3 saturated carbocycles. The molecule has 1 aromatic heterocycles. The number of nitrogens with zero attached hydrogens (tertiary/aromatic N) is 5. The van der Waals surface area contributed by atoms with Crippen LogP contribution in [-0.2, 0) is 53.0 Å². The van der Waals surface area contributed by atoms with Gasteiger partial charge in [-0.05, 0) is 133 Å². The largest absolute Gasteiger partial charge is 0.481 e. The van der Waals surface area contributed by atoms with Gasteiger partial charge in [-0.25, -0.2) is 13.6 Å². The van der Waals surface area contributed by atoms with Gasteiger partial charge in [0.25, 0.3) is 0 Å². The van der Waals surface area contributed by atoms with Crippen LogP contribution in [0.25, 0.3) is 11.4 Å². The van der Waals surface area contributed by atoms with Crippen LogP contribution in [0.15, 0.2) is 127 Å². The fourth-order valence-electron chi connectivity index (χ4n) is 14.0. The topological polar surface area (TPSA) is 292 Å². The number of ketones is 2. The number of benzene rings is 4. The number of carbonyl (C=O) groups excluding carboxylic acids is 6. The Morgan fingerprint density at radius 2 is 1.55 bits per heavy atom. The molecule has 7 N–H and O–H groups in total. The van der Waals surface area contributed by atoms with Crippen LogP contribution in [-0.4, -0.2) is 127 Å². The van der Waals surface area contributed by atoms with Gasteiger partial charge in [0.15, 0.2) is 23.6 Å². The van der Waals surface area contributed by atoms with Crippen LogP contribution >= 0.6 is 0 Å². The van der Waals surface area contributed by atoms with Gasteiger partial charge in [-0.15, -0.1) is 20.4 Å². The second-order valence-corrected chi connectivity index (χ2v) is 22.7. The highest BCUT2D eigenvalue weighted by Crippen LogP contribution is 2.74. The molecular formula is C61H63F2N9O11. The standard InChI is InChI=1S/C61H63F2N9O11/c1-58-21-20-44(74)26-47(58)48(62)27-46-45-25-40-30-72(33-60(40,51(76)31-73)59(45,2)28-50(75)61(46,58)63)43-16-10-35(11-17-43)22-38-4-3-5-42(23-38)68-57(82)83-32-37-8-14-41(15-9-37)67-56(81)49(18-19-54(79)80)69-53(78)29-64-52(77)24-36-6-12-39(13-7-36)55-70-65-34-66-71-55/h3-17,20-21,23,26,34,40,45-46,48-50,73,75H,18-19,22,24-25,27-33H2,1-2H3,(H,64,77)(H,67,81)(H,68,82)(H,69,78)(H,79,80)/t40-,45-,46-,48-,49-,50-,58-,59-,60+,61-/m0/s1. The van der Waals surface area contributed by atoms with Crippen molar-refractivity contribution >= 4 is 58.4 Å². The lowest BCUT2D eigenvalue weighted by molar-refractivity contribution is -0.210. The normalized spacial score (nSPS) is 26.9. The molecule has 4 aliphatic carbocycles. The highest BCUT2D eigenvalue weighted by Gasteiger charge is 2.78. The number of aromatic nitrogens is 4. The fourth-order valence-corrected chi connectivity index (χ4v) is 14.0. The second kappa shape index (κ2) is 23.3. The maximum Gasteiger partial charge on any atom is 0.411 e. The number of allylic oxidation sites excluding steroid dienone is 4. The van der Waals surface area contributed by atoms with Crippen LogP contribution in [0.5, 0.6) is 0 Å². The van der Waals surface area contributed by atoms with Gasteiger partial charge in [0.05, 0.1) is 24.5 Å². The minimum Gasteiger partial charge on any atom is -0.481 e. The number of carbonyl (C=O) groups is 7. The summed E-state index contributed by atoms with van der Waals surface area (Å²) in [6, 6.07) is 27.1. The Balaban J connectivity index is 0.694. The van der Waals surface area contributed by atoms with Crippen molar-refractivity contribution in [1.82, 2.24) is 31.0 Å². The van der Waals surface area contributed by atoms with E-state index in [1.165, 1.54) is 24.6 Å². The van der Waals surface area contributed by atoms with Gasteiger partial charge < -0.3 is 40.9 Å². The van der Waals surface area contributed by atoms with E-state index in [1.807, 2.05) is 43.3 Å². The monoisotopic (exact) mass is 1140 g/mol. The first-order valence-electron chi connectivity index (χ1n) is 27.5. The Morgan fingerprint density at radius 3 is 2.27 bits per heavy atom. The van der Waals surface area contributed by atoms with Gasteiger partial charge >= 0.3 is 12.1 Å². The van der Waals surface area contributed by atoms with Gasteiger partial charge in [-0.3, -0.25) is 34.1 Å². The number of carboxylic acids is 1. The molecule has 2 heterocycles. The number of aliphatic hydroxyl groups is 2. The van der Waals surface area contributed by atoms with E-state index in [0.29, 0.717) is 53.3 Å². The van der Waals surface area contributed by atoms with E-state index in [9.17, 15) is 48.9 Å². The SMILES string of the molecule is C[C@]12C=CC(=O)C=C1[C@@H](F)C[C@H]1[C@@H]3C[C@H]4CN(c5ccc(Cc6cccc(NC(=O)OCc7ccc(NC(=O)[C@H](CCC(=O)O)NC(=O)CNC(=O)Cc8ccc(-c9nncnn9)cc8)cc7)c6)cc5)C[C@@]4(C(=O)CO)[C@@]3(C)C[C@H](O)[C@@]12F. The third-order valence-electron chi connectivity index (χ3n) is 18.0. The summed E-state index contributed by atoms with van der Waals surface area (Å²) in [5.74, 6) is -5.19. The van der Waals surface area contributed by atoms with Crippen molar-refractivity contribution in [3.05, 3.63) is 149 Å². The lowest BCUT2D eigenvalue weighted by atomic mass is 9.43. The molecule has 10 atom stereocenters. The second-order valence-electron chi connectivity index (χ2n) is 22.7. The summed E-state index contributed by atoms with van der Waals surface area (Å²) in [6.07, 6.45) is 1.12. The predicted molar refractivity (Wildman–Crippen MR) is 297 cm³/mol. The van der Waals surface area contributed by atoms with Gasteiger partial charge in [0.2, 0.25) is 23.5 Å². The maximum atomic E-state index is 17.9. The van der Waals surface area contributed by atoms with Crippen molar-refractivity contribution in [1.29, 1.82) is 0 Å². The molecule has 22 heteroatoms. The third kappa shape index (κ3) is 11.2. The number of nitrogens with one attached hydrogen (secondary N) is 4. The number of alkyl halides is 2. The zero-order valence-electron chi connectivity index (χ0n) is 45.6. The zero-order chi connectivity index (χ0) is 58.8. The molecule has 5 aromatic rings. The van der Waals surface area contributed by atoms with Gasteiger partial charge in [-0.2, -0.15) is 0 Å². The summed E-state index contributed by atoms with van der Waals surface area (Å²) in [4.78, 5) is 91.7. The molecule has 4 fully saturated rings. The Bertz CT molecular complexity index is 3390. The van der Waals surface area contributed by atoms with Crippen molar-refractivity contribution in [2.45, 2.75) is 89.4 Å². The number of rotatable bonds is 19. The molecule has 20 nitrogen and oxygen atoms in total. The summed E-state index contributed by atoms with van der Waals surface area (Å²) >= 11 is 0. The number of fused-ring (bicyclic) bond motifs is 7. The van der Waals surface area contributed by atoms with Crippen LogP contribution in [0.4, 0.5) is 30.6 Å². The Labute approximate surface area is 476 Å². The third-order valence-corrected chi connectivity index (χ3v) is 18.0. The van der Waals surface area contributed by atoms with Crippen molar-refractivity contribution in [3.8, 4) is 11.4 Å². The summed E-state index contributed by atoms with van der Waals surface area (Å²) in [5.41, 5.74) is -0.460. The number of hydrogen-bond donors (Lipinski definition) is 7. The van der Waals surface area contributed by atoms with Crippen molar-refractivity contribution in [3.63, 3.8) is 0 Å². The molecule has 4 amide bonds. The minimum absolute atomic E-state index is 0.0455. The first kappa shape index (κ1) is 57.6. The number of ether oxygens (including phenoxy) is 1. The van der Waals surface area contributed by atoms with E-state index < -0.39 is 107 Å². The molecule has 4 aromatic carbocycles. The van der Waals surface area contributed by atoms with Gasteiger partial charge in [-0.1, -0.05) is 73.7 Å². The molecule has 432 valence electrons. The summed E-state index contributed by atoms with van der Waals surface area (Å²) in [7, 11) is 0. The summed E-state index contributed by atoms with van der Waals surface area (Å²) in [5, 5.41) is 57.3. The van der Waals surface area contributed by atoms with E-state index >= 15 is 8.78 Å². The molecule has 1 aliphatic heterocycles. The van der Waals surface area contributed by atoms with E-state index in [2.05, 4.69) is 46.6 Å². The number of halogens is 2. The van der Waals surface area contributed by atoms with Crippen molar-refractivity contribution < 1.29 is 62.4 Å². The van der Waals surface area contributed by atoms with Crippen LogP contribution in [0.2, 0.25) is 0 Å². The van der Waals surface area contributed by atoms with Crippen LogP contribution in [0.3, 0.4) is 0 Å². The number of aliphatic carboxylic acids is 1. The number of amides is 4. The Morgan fingerprint density at radius 1 is 0.843 bits per heavy atom. The molecule has 0 spiro atoms. The molecule has 0 radical (unpaired) electrons. The molecule has 0 unspecified atom stereocenters. The average molecular weight is 1140 g/mol. The zero-order valence-corrected chi connectivity index (χ0v) is 45.6. The number of aliphatic hydroxyl groups excluding tert-OH is 2. The number of carboxylic acid groups (broad SMARTS) is 1. The van der Waals surface area contributed by atoms with E-state index in [0.717, 1.165) is 16.8 Å². The molecule has 5 aliphatic rings. The van der Waals surface area contributed by atoms with Crippen LogP contribution in [0.1, 0.15) is 68.2 Å². The summed E-state index contributed by atoms with van der Waals surface area (Å²) in [6.45, 7) is 2.84. The average Bonchev–Trinajstić information content (AvgIpc) is 2.87. The number of Topliss-reactive ketones (excluding diaryl/α,β-unsaturated/α-hetero) is 1. The van der Waals surface area contributed by atoms with E-state index in [4.69, 9.17) is 4.74 Å². The van der Waals surface area contributed by atoms with Crippen LogP contribution in [0, 0.1) is 34.0 Å². The molecular weight excluding hydrogens is 1070 g/mol. The highest BCUT2D eigenvalue weighted by atomic mass is 19.1. The molecule has 83 heavy (non-hydrogen) atoms. The first-order valence-corrected chi connectivity index (χ1v) is 27.5. The quantitative estimate of drug-likeness (QED) is 0.0512. The summed E-state index contributed by atoms with van der Waals surface area (Å²) < 4.78 is 39.5. The smallest absolute Gasteiger partial charge is 0.411 e. The molecule has 0 bridgehead atoms. The highest BCUT2D eigenvalue weighted by molar-refractivity contribution is 6.01. The number of hydrogen-bond acceptors (Lipinski definition) is 15. The predicted octanol–water partition coefficient (Wildman–Crippen LogP) is 5.83. The molecule has 1 saturated heterocycles. The number of anilines is 3. The maximum absolute atomic E-state index is 17.9. The van der Waals surface area contributed by atoms with Crippen molar-refractivity contribution in [2.75, 3.05) is 41.8 Å². The minimum atomic E-state index is -2.27. The fraction of sp³-hybridized carbons (Fsp3) is 0.393. The van der Waals surface area contributed by atoms with E-state index in [1.54, 1.807) is 67.6 Å². The Kier molecular flexibility index (Phi) is 16.2. The lowest BCUT2D eigenvalue weighted by Gasteiger charge is -2.63. The lowest BCUT2D eigenvalue weighted by Crippen LogP contribution is -2.69. The Hall–Kier alpha value is -8.63. The van der Waals surface area contributed by atoms with E-state index in [-0.39, 0.29) is 56.1 Å². The molecule has 10 rings (SSSR count).